The van der Waals surface area contributed by atoms with E-state index >= 15 is 0 Å². The van der Waals surface area contributed by atoms with Crippen molar-refractivity contribution in [3.8, 4) is 0 Å². The van der Waals surface area contributed by atoms with Gasteiger partial charge in [0.05, 0.1) is 12.1 Å². The molecular formula is C31H31N3O3. The topological polar surface area (TPSA) is 95.7 Å². The summed E-state index contributed by atoms with van der Waals surface area (Å²) in [5, 5.41) is 15.7. The summed E-state index contributed by atoms with van der Waals surface area (Å²) < 4.78 is 0. The standard InChI is InChI=1S/C31H31N3O3/c1-21(29(35)24-10-4-3-5-11-24)34(2)31(37)28(33-30(36)25-17-15-22(20-32)16-18-25)19-26-13-8-12-23-9-6-7-14-27(23)26/h3-19,21,29,35H,20,32H2,1-2H3,(H,33,36)/b28-19+. The molecule has 4 aromatic carbocycles. The van der Waals surface area contributed by atoms with Crippen LogP contribution in [0, 0.1) is 0 Å². The van der Waals surface area contributed by atoms with Gasteiger partial charge < -0.3 is 21.1 Å². The van der Waals surface area contributed by atoms with Crippen LogP contribution in [-0.2, 0) is 11.3 Å². The van der Waals surface area contributed by atoms with Crippen molar-refractivity contribution in [1.29, 1.82) is 0 Å². The number of nitrogens with two attached hydrogens (primary N) is 1. The van der Waals surface area contributed by atoms with Gasteiger partial charge in [-0.25, -0.2) is 0 Å². The van der Waals surface area contributed by atoms with Crippen molar-refractivity contribution >= 4 is 28.7 Å². The molecular weight excluding hydrogens is 462 g/mol. The van der Waals surface area contributed by atoms with E-state index < -0.39 is 24.0 Å². The molecule has 0 bridgehead atoms. The molecule has 37 heavy (non-hydrogen) atoms. The summed E-state index contributed by atoms with van der Waals surface area (Å²) in [6.07, 6.45) is 0.794. The number of nitrogens with zero attached hydrogens (tertiary/aromatic N) is 1. The van der Waals surface area contributed by atoms with Gasteiger partial charge in [0.15, 0.2) is 0 Å². The van der Waals surface area contributed by atoms with Crippen molar-refractivity contribution in [2.24, 2.45) is 5.73 Å². The highest BCUT2D eigenvalue weighted by Crippen LogP contribution is 2.24. The fraction of sp³-hybridized carbons (Fsp3) is 0.161. The van der Waals surface area contributed by atoms with Crippen molar-refractivity contribution in [2.45, 2.75) is 25.6 Å². The van der Waals surface area contributed by atoms with Crippen LogP contribution in [0.4, 0.5) is 0 Å². The average Bonchev–Trinajstić information content (AvgIpc) is 2.95. The molecule has 0 aromatic heterocycles. The molecule has 4 rings (SSSR count). The first kappa shape index (κ1) is 25.8. The first-order valence-electron chi connectivity index (χ1n) is 12.2. The Bertz CT molecular complexity index is 1410. The summed E-state index contributed by atoms with van der Waals surface area (Å²) in [6.45, 7) is 2.15. The summed E-state index contributed by atoms with van der Waals surface area (Å²) in [5.41, 5.74) is 8.60. The average molecular weight is 494 g/mol. The molecule has 0 fully saturated rings. The van der Waals surface area contributed by atoms with Crippen LogP contribution >= 0.6 is 0 Å². The molecule has 188 valence electrons. The molecule has 0 aliphatic carbocycles. The van der Waals surface area contributed by atoms with Crippen LogP contribution in [-0.4, -0.2) is 34.9 Å². The SMILES string of the molecule is CC(C(O)c1ccccc1)N(C)C(=O)/C(=C\c1cccc2ccccc12)NC(=O)c1ccc(CN)cc1. The lowest BCUT2D eigenvalue weighted by atomic mass is 10.0. The molecule has 0 aliphatic rings. The summed E-state index contributed by atoms with van der Waals surface area (Å²) in [7, 11) is 1.62. The van der Waals surface area contributed by atoms with E-state index in [1.165, 1.54) is 4.90 Å². The second-order valence-corrected chi connectivity index (χ2v) is 8.99. The molecule has 0 aliphatic heterocycles. The van der Waals surface area contributed by atoms with Crippen molar-refractivity contribution in [3.05, 3.63) is 125 Å². The summed E-state index contributed by atoms with van der Waals surface area (Å²) in [6, 6.07) is 29.3. The maximum Gasteiger partial charge on any atom is 0.270 e. The van der Waals surface area contributed by atoms with Crippen molar-refractivity contribution in [3.63, 3.8) is 0 Å². The molecule has 6 nitrogen and oxygen atoms in total. The largest absolute Gasteiger partial charge is 0.386 e. The van der Waals surface area contributed by atoms with Crippen LogP contribution < -0.4 is 11.1 Å². The maximum atomic E-state index is 13.7. The van der Waals surface area contributed by atoms with E-state index in [4.69, 9.17) is 5.73 Å². The molecule has 0 spiro atoms. The number of aliphatic hydroxyl groups is 1. The number of fused-ring (bicyclic) bond motifs is 1. The van der Waals surface area contributed by atoms with Crippen LogP contribution in [0.1, 0.15) is 40.1 Å². The van der Waals surface area contributed by atoms with E-state index in [1.807, 2.05) is 72.8 Å². The van der Waals surface area contributed by atoms with Crippen LogP contribution in [0.15, 0.2) is 103 Å². The molecule has 0 saturated heterocycles. The number of nitrogens with one attached hydrogen (secondary N) is 1. The second-order valence-electron chi connectivity index (χ2n) is 8.99. The highest BCUT2D eigenvalue weighted by atomic mass is 16.3. The number of carbonyl (C=O) groups is 2. The number of hydrogen-bond donors (Lipinski definition) is 3. The smallest absolute Gasteiger partial charge is 0.270 e. The highest BCUT2D eigenvalue weighted by molar-refractivity contribution is 6.06. The monoisotopic (exact) mass is 493 g/mol. The van der Waals surface area contributed by atoms with Gasteiger partial charge in [-0.05, 0) is 52.6 Å². The van der Waals surface area contributed by atoms with Crippen LogP contribution in [0.2, 0.25) is 0 Å². The Morgan fingerprint density at radius 2 is 1.57 bits per heavy atom. The number of benzene rings is 4. The molecule has 0 radical (unpaired) electrons. The van der Waals surface area contributed by atoms with Gasteiger partial charge in [0.2, 0.25) is 0 Å². The van der Waals surface area contributed by atoms with E-state index in [0.29, 0.717) is 17.7 Å². The Kier molecular flexibility index (Phi) is 8.13. The van der Waals surface area contributed by atoms with Gasteiger partial charge in [0, 0.05) is 19.2 Å². The minimum atomic E-state index is -0.895. The molecule has 6 heteroatoms. The fourth-order valence-electron chi connectivity index (χ4n) is 4.19. The van der Waals surface area contributed by atoms with Crippen molar-refractivity contribution < 1.29 is 14.7 Å². The third-order valence-electron chi connectivity index (χ3n) is 6.58. The van der Waals surface area contributed by atoms with Gasteiger partial charge in [-0.2, -0.15) is 0 Å². The lowest BCUT2D eigenvalue weighted by Crippen LogP contribution is -2.43. The highest BCUT2D eigenvalue weighted by Gasteiger charge is 2.27. The van der Waals surface area contributed by atoms with E-state index in [-0.39, 0.29) is 5.70 Å². The molecule has 2 unspecified atom stereocenters. The summed E-state index contributed by atoms with van der Waals surface area (Å²) in [4.78, 5) is 28.4. The molecule has 4 aromatic rings. The number of likely N-dealkylation sites (N-methyl/N-ethyl adjacent to an activating group) is 1. The Morgan fingerprint density at radius 3 is 2.27 bits per heavy atom. The quantitative estimate of drug-likeness (QED) is 0.311. The van der Waals surface area contributed by atoms with Gasteiger partial charge in [-0.15, -0.1) is 0 Å². The number of amides is 2. The fourth-order valence-corrected chi connectivity index (χ4v) is 4.19. The second kappa shape index (κ2) is 11.6. The van der Waals surface area contributed by atoms with Crippen LogP contribution in [0.5, 0.6) is 0 Å². The van der Waals surface area contributed by atoms with Gasteiger partial charge >= 0.3 is 0 Å². The molecule has 2 amide bonds. The Balaban J connectivity index is 1.69. The Morgan fingerprint density at radius 1 is 0.919 bits per heavy atom. The van der Waals surface area contributed by atoms with Crippen molar-refractivity contribution in [1.82, 2.24) is 10.2 Å². The van der Waals surface area contributed by atoms with E-state index in [2.05, 4.69) is 5.32 Å². The number of carbonyl (C=O) groups excluding carboxylic acids is 2. The zero-order chi connectivity index (χ0) is 26.4. The van der Waals surface area contributed by atoms with Crippen molar-refractivity contribution in [2.75, 3.05) is 7.05 Å². The molecule has 0 saturated carbocycles. The Labute approximate surface area is 217 Å². The predicted octanol–water partition coefficient (Wildman–Crippen LogP) is 4.65. The van der Waals surface area contributed by atoms with Gasteiger partial charge in [-0.1, -0.05) is 84.9 Å². The summed E-state index contributed by atoms with van der Waals surface area (Å²) in [5.74, 6) is -0.824. The van der Waals surface area contributed by atoms with E-state index in [0.717, 1.165) is 21.9 Å². The van der Waals surface area contributed by atoms with E-state index in [1.54, 1.807) is 44.3 Å². The van der Waals surface area contributed by atoms with Crippen LogP contribution in [0.3, 0.4) is 0 Å². The minimum absolute atomic E-state index is 0.110. The number of rotatable bonds is 8. The zero-order valence-corrected chi connectivity index (χ0v) is 21.0. The lowest BCUT2D eigenvalue weighted by molar-refractivity contribution is -0.130. The summed E-state index contributed by atoms with van der Waals surface area (Å²) >= 11 is 0. The third-order valence-corrected chi connectivity index (χ3v) is 6.58. The first-order chi connectivity index (χ1) is 17.9. The molecule has 2 atom stereocenters. The lowest BCUT2D eigenvalue weighted by Gasteiger charge is -2.30. The molecule has 4 N–H and O–H groups in total. The molecule has 0 heterocycles. The van der Waals surface area contributed by atoms with Gasteiger partial charge in [-0.3, -0.25) is 9.59 Å². The maximum absolute atomic E-state index is 13.7. The van der Waals surface area contributed by atoms with Gasteiger partial charge in [0.25, 0.3) is 11.8 Å². The predicted molar refractivity (Wildman–Crippen MR) is 147 cm³/mol. The number of aliphatic hydroxyl groups excluding tert-OH is 1. The number of hydrogen-bond acceptors (Lipinski definition) is 4. The zero-order valence-electron chi connectivity index (χ0n) is 21.0. The third kappa shape index (κ3) is 5.94. The minimum Gasteiger partial charge on any atom is -0.386 e. The first-order valence-corrected chi connectivity index (χ1v) is 12.2. The Hall–Kier alpha value is -4.26. The van der Waals surface area contributed by atoms with Crippen LogP contribution in [0.25, 0.3) is 16.8 Å². The van der Waals surface area contributed by atoms with Gasteiger partial charge in [0.1, 0.15) is 5.70 Å². The normalized spacial score (nSPS) is 13.1. The van der Waals surface area contributed by atoms with E-state index in [9.17, 15) is 14.7 Å².